The zero-order valence-corrected chi connectivity index (χ0v) is 20.8. The quantitative estimate of drug-likeness (QED) is 0.586. The lowest BCUT2D eigenvalue weighted by molar-refractivity contribution is -0.144. The molecule has 11 heteroatoms. The smallest absolute Gasteiger partial charge is 0.329 e. The summed E-state index contributed by atoms with van der Waals surface area (Å²) in [7, 11) is 0. The lowest BCUT2D eigenvalue weighted by Crippen LogP contribution is -2.59. The summed E-state index contributed by atoms with van der Waals surface area (Å²) < 4.78 is 0. The first kappa shape index (κ1) is 24.1. The SMILES string of the molecule is CC1(Cc2ccc(Cl)cc2)C(=O)N(c2cc(Cl)cc(Cl)c2)C2N=CC(C(=O)NC3(C(=O)O)CC3)N21. The van der Waals surface area contributed by atoms with E-state index in [0.717, 1.165) is 5.56 Å². The van der Waals surface area contributed by atoms with Gasteiger partial charge in [0.2, 0.25) is 5.91 Å². The first-order valence-electron chi connectivity index (χ1n) is 11.0. The second kappa shape index (κ2) is 8.48. The molecule has 3 unspecified atom stereocenters. The zero-order chi connectivity index (χ0) is 25.1. The molecule has 35 heavy (non-hydrogen) atoms. The number of carboxylic acid groups (broad SMARTS) is 1. The van der Waals surface area contributed by atoms with Gasteiger partial charge in [-0.3, -0.25) is 19.5 Å². The van der Waals surface area contributed by atoms with Crippen LogP contribution >= 0.6 is 34.8 Å². The van der Waals surface area contributed by atoms with Gasteiger partial charge in [-0.25, -0.2) is 9.69 Å². The van der Waals surface area contributed by atoms with Crippen molar-refractivity contribution in [3.05, 3.63) is 63.1 Å². The molecule has 2 aromatic rings. The summed E-state index contributed by atoms with van der Waals surface area (Å²) in [4.78, 5) is 46.6. The molecule has 0 aromatic heterocycles. The van der Waals surface area contributed by atoms with Crippen molar-refractivity contribution in [3.63, 3.8) is 0 Å². The summed E-state index contributed by atoms with van der Waals surface area (Å²) in [6.45, 7) is 1.75. The molecule has 1 saturated heterocycles. The lowest BCUT2D eigenvalue weighted by Gasteiger charge is -2.35. The third kappa shape index (κ3) is 4.08. The van der Waals surface area contributed by atoms with Gasteiger partial charge in [0.25, 0.3) is 5.91 Å². The number of aliphatic imine (C=N–C) groups is 1. The van der Waals surface area contributed by atoms with E-state index in [1.807, 2.05) is 12.1 Å². The van der Waals surface area contributed by atoms with Crippen molar-refractivity contribution in [1.29, 1.82) is 0 Å². The number of aliphatic carboxylic acids is 1. The second-order valence-corrected chi connectivity index (χ2v) is 10.6. The molecule has 3 aliphatic rings. The van der Waals surface area contributed by atoms with Gasteiger partial charge in [0, 0.05) is 21.3 Å². The highest BCUT2D eigenvalue weighted by Crippen LogP contribution is 2.43. The Morgan fingerprint density at radius 1 is 1.09 bits per heavy atom. The third-order valence-electron chi connectivity index (χ3n) is 6.77. The summed E-state index contributed by atoms with van der Waals surface area (Å²) in [5, 5.41) is 13.5. The Morgan fingerprint density at radius 2 is 1.71 bits per heavy atom. The standard InChI is InChI=1S/C24H21Cl3N4O4/c1-23(11-13-2-4-14(25)5-3-13)20(33)30(17-9-15(26)8-16(27)10-17)22-28-12-18(31(22)23)19(32)29-24(6-7-24)21(34)35/h2-5,8-10,12,18,22H,6-7,11H2,1H3,(H,29,32)(H,34,35). The lowest BCUT2D eigenvalue weighted by atomic mass is 9.90. The molecule has 8 nitrogen and oxygen atoms in total. The zero-order valence-electron chi connectivity index (χ0n) is 18.5. The van der Waals surface area contributed by atoms with Crippen LogP contribution in [-0.2, 0) is 20.8 Å². The van der Waals surface area contributed by atoms with Crippen LogP contribution in [0.5, 0.6) is 0 Å². The number of carbonyl (C=O) groups excluding carboxylic acids is 2. The van der Waals surface area contributed by atoms with Crippen LogP contribution in [0.3, 0.4) is 0 Å². The van der Waals surface area contributed by atoms with Crippen LogP contribution in [0.25, 0.3) is 0 Å². The Kier molecular flexibility index (Phi) is 5.83. The molecular formula is C24H21Cl3N4O4. The number of fused-ring (bicyclic) bond motifs is 1. The van der Waals surface area contributed by atoms with E-state index < -0.39 is 35.3 Å². The van der Waals surface area contributed by atoms with Crippen molar-refractivity contribution in [1.82, 2.24) is 10.2 Å². The minimum atomic E-state index is -1.26. The van der Waals surface area contributed by atoms with E-state index in [-0.39, 0.29) is 12.3 Å². The predicted octanol–water partition coefficient (Wildman–Crippen LogP) is 3.77. The number of anilines is 1. The Balaban J connectivity index is 1.54. The van der Waals surface area contributed by atoms with Crippen molar-refractivity contribution in [3.8, 4) is 0 Å². The molecule has 2 heterocycles. The van der Waals surface area contributed by atoms with Gasteiger partial charge in [-0.1, -0.05) is 46.9 Å². The number of carbonyl (C=O) groups is 3. The minimum absolute atomic E-state index is 0.265. The Hall–Kier alpha value is -2.65. The van der Waals surface area contributed by atoms with E-state index >= 15 is 0 Å². The average Bonchev–Trinajstić information content (AvgIpc) is 3.38. The molecular weight excluding hydrogens is 515 g/mol. The number of carboxylic acids is 1. The van der Waals surface area contributed by atoms with Crippen molar-refractivity contribution in [2.45, 2.75) is 49.6 Å². The van der Waals surface area contributed by atoms with E-state index in [9.17, 15) is 19.5 Å². The molecule has 0 radical (unpaired) electrons. The predicted molar refractivity (Wildman–Crippen MR) is 133 cm³/mol. The fraction of sp³-hybridized carbons (Fsp3) is 0.333. The van der Waals surface area contributed by atoms with Gasteiger partial charge in [-0.15, -0.1) is 0 Å². The number of nitrogens with one attached hydrogen (secondary N) is 1. The maximum atomic E-state index is 14.0. The van der Waals surface area contributed by atoms with Gasteiger partial charge >= 0.3 is 5.97 Å². The van der Waals surface area contributed by atoms with E-state index in [4.69, 9.17) is 34.8 Å². The van der Waals surface area contributed by atoms with Crippen LogP contribution in [0.15, 0.2) is 47.5 Å². The molecule has 2 aliphatic heterocycles. The number of hydrogen-bond donors (Lipinski definition) is 2. The molecule has 2 fully saturated rings. The van der Waals surface area contributed by atoms with Gasteiger partial charge in [0.1, 0.15) is 17.1 Å². The van der Waals surface area contributed by atoms with E-state index in [1.165, 1.54) is 11.1 Å². The third-order valence-corrected chi connectivity index (χ3v) is 7.46. The van der Waals surface area contributed by atoms with E-state index in [1.54, 1.807) is 42.2 Å². The maximum absolute atomic E-state index is 14.0. The highest BCUT2D eigenvalue weighted by molar-refractivity contribution is 6.35. The van der Waals surface area contributed by atoms with Crippen molar-refractivity contribution in [2.75, 3.05) is 4.90 Å². The monoisotopic (exact) mass is 534 g/mol. The summed E-state index contributed by atoms with van der Waals surface area (Å²) >= 11 is 18.5. The molecule has 1 saturated carbocycles. The van der Waals surface area contributed by atoms with Gasteiger partial charge in [0.15, 0.2) is 6.29 Å². The highest BCUT2D eigenvalue weighted by atomic mass is 35.5. The van der Waals surface area contributed by atoms with E-state index in [0.29, 0.717) is 33.6 Å². The van der Waals surface area contributed by atoms with Gasteiger partial charge in [-0.2, -0.15) is 0 Å². The number of nitrogens with zero attached hydrogens (tertiary/aromatic N) is 3. The number of hydrogen-bond acceptors (Lipinski definition) is 5. The van der Waals surface area contributed by atoms with Crippen LogP contribution in [0, 0.1) is 0 Å². The summed E-state index contributed by atoms with van der Waals surface area (Å²) in [6.07, 6.45) is 1.61. The van der Waals surface area contributed by atoms with E-state index in [2.05, 4.69) is 10.3 Å². The molecule has 182 valence electrons. The first-order chi connectivity index (χ1) is 16.5. The van der Waals surface area contributed by atoms with Gasteiger partial charge in [0.05, 0.1) is 5.69 Å². The van der Waals surface area contributed by atoms with Crippen LogP contribution in [0.4, 0.5) is 5.69 Å². The average molecular weight is 536 g/mol. The number of rotatable bonds is 6. The molecule has 3 atom stereocenters. The fourth-order valence-electron chi connectivity index (χ4n) is 4.79. The van der Waals surface area contributed by atoms with Crippen molar-refractivity contribution >= 4 is 64.5 Å². The Bertz CT molecular complexity index is 1240. The molecule has 1 aliphatic carbocycles. The Morgan fingerprint density at radius 3 is 2.29 bits per heavy atom. The number of amides is 2. The molecule has 2 aromatic carbocycles. The molecule has 2 amide bonds. The maximum Gasteiger partial charge on any atom is 0.329 e. The molecule has 0 spiro atoms. The van der Waals surface area contributed by atoms with Crippen LogP contribution < -0.4 is 10.2 Å². The van der Waals surface area contributed by atoms with Gasteiger partial charge < -0.3 is 10.4 Å². The summed E-state index contributed by atoms with van der Waals surface area (Å²) in [6, 6.07) is 11.0. The first-order valence-corrected chi connectivity index (χ1v) is 12.1. The summed E-state index contributed by atoms with van der Waals surface area (Å²) in [5.41, 5.74) is -1.17. The van der Waals surface area contributed by atoms with Crippen molar-refractivity contribution < 1.29 is 19.5 Å². The van der Waals surface area contributed by atoms with Crippen LogP contribution in [0.2, 0.25) is 15.1 Å². The fourth-order valence-corrected chi connectivity index (χ4v) is 5.43. The number of halogens is 3. The van der Waals surface area contributed by atoms with Crippen molar-refractivity contribution in [2.24, 2.45) is 4.99 Å². The number of benzene rings is 2. The molecule has 2 N–H and O–H groups in total. The summed E-state index contributed by atoms with van der Waals surface area (Å²) in [5.74, 6) is -1.88. The largest absolute Gasteiger partial charge is 0.480 e. The molecule has 5 rings (SSSR count). The second-order valence-electron chi connectivity index (χ2n) is 9.25. The highest BCUT2D eigenvalue weighted by Gasteiger charge is 2.61. The van der Waals surface area contributed by atoms with Gasteiger partial charge in [-0.05, 0) is 62.1 Å². The van der Waals surface area contributed by atoms with Crippen LogP contribution in [-0.4, -0.2) is 57.4 Å². The minimum Gasteiger partial charge on any atom is -0.480 e. The Labute approximate surface area is 216 Å². The topological polar surface area (TPSA) is 102 Å². The normalized spacial score (nSPS) is 26.6. The van der Waals surface area contributed by atoms with Crippen LogP contribution in [0.1, 0.15) is 25.3 Å². The molecule has 0 bridgehead atoms.